The fourth-order valence-electron chi connectivity index (χ4n) is 2.45. The molecule has 0 atom stereocenters. The minimum Gasteiger partial charge on any atom is -0.483 e. The van der Waals surface area contributed by atoms with Crippen LogP contribution < -0.4 is 10.1 Å². The summed E-state index contributed by atoms with van der Waals surface area (Å²) in [5, 5.41) is 3.02. The molecule has 0 saturated carbocycles. The predicted molar refractivity (Wildman–Crippen MR) is 85.7 cm³/mol. The first kappa shape index (κ1) is 14.3. The number of Topliss-reactive ketones (excluding diaryl/α,β-unsaturated/α-hetero) is 1. The van der Waals surface area contributed by atoms with Crippen LogP contribution in [-0.2, 0) is 9.59 Å². The molecular formula is C18H17NO3. The van der Waals surface area contributed by atoms with Crippen LogP contribution in [-0.4, -0.2) is 17.2 Å². The highest BCUT2D eigenvalue weighted by Crippen LogP contribution is 2.33. The Bertz CT molecular complexity index is 767. The molecule has 0 fully saturated rings. The number of benzene rings is 1. The van der Waals surface area contributed by atoms with Crippen LogP contribution in [0, 0.1) is 0 Å². The summed E-state index contributed by atoms with van der Waals surface area (Å²) in [6, 6.07) is 5.59. The number of fused-ring (bicyclic) bond motifs is 1. The molecule has 0 bridgehead atoms. The molecule has 3 rings (SSSR count). The van der Waals surface area contributed by atoms with E-state index in [1.807, 2.05) is 44.2 Å². The Morgan fingerprint density at radius 3 is 2.68 bits per heavy atom. The van der Waals surface area contributed by atoms with Crippen molar-refractivity contribution in [1.29, 1.82) is 0 Å². The van der Waals surface area contributed by atoms with E-state index in [9.17, 15) is 9.59 Å². The van der Waals surface area contributed by atoms with Crippen LogP contribution in [0.2, 0.25) is 0 Å². The van der Waals surface area contributed by atoms with E-state index in [4.69, 9.17) is 4.74 Å². The molecule has 0 radical (unpaired) electrons. The third kappa shape index (κ3) is 2.72. The van der Waals surface area contributed by atoms with Gasteiger partial charge in [-0.15, -0.1) is 0 Å². The number of hydrogen-bond acceptors (Lipinski definition) is 4. The summed E-state index contributed by atoms with van der Waals surface area (Å²) in [5.74, 6) is 0.460. The molecule has 1 heterocycles. The van der Waals surface area contributed by atoms with Gasteiger partial charge in [-0.1, -0.05) is 6.08 Å². The van der Waals surface area contributed by atoms with Crippen molar-refractivity contribution in [3.63, 3.8) is 0 Å². The monoisotopic (exact) mass is 295 g/mol. The summed E-state index contributed by atoms with van der Waals surface area (Å²) in [6.45, 7) is 5.62. The van der Waals surface area contributed by atoms with Crippen LogP contribution in [0.15, 0.2) is 47.7 Å². The third-order valence-electron chi connectivity index (χ3n) is 3.57. The molecule has 4 nitrogen and oxygen atoms in total. The number of hydrogen-bond donors (Lipinski definition) is 1. The number of nitrogens with one attached hydrogen (secondary N) is 1. The van der Waals surface area contributed by atoms with Crippen LogP contribution >= 0.6 is 0 Å². The maximum Gasteiger partial charge on any atom is 0.205 e. The Balaban J connectivity index is 1.86. The minimum atomic E-state index is -0.321. The number of ether oxygens (including phenoxy) is 1. The van der Waals surface area contributed by atoms with Gasteiger partial charge < -0.3 is 10.1 Å². The summed E-state index contributed by atoms with van der Waals surface area (Å²) in [4.78, 5) is 23.6. The normalized spacial score (nSPS) is 19.0. The summed E-state index contributed by atoms with van der Waals surface area (Å²) in [7, 11) is 0. The number of ketones is 2. The van der Waals surface area contributed by atoms with E-state index in [0.29, 0.717) is 11.3 Å². The van der Waals surface area contributed by atoms with E-state index >= 15 is 0 Å². The standard InChI is InChI=1S/C18H17NO3/c1-11-8-14(20)10-15(17(11)21)19-13-4-5-16-12(9-13)6-7-18(2,3)22-16/h4-10,19H,1-3H3. The van der Waals surface area contributed by atoms with Crippen molar-refractivity contribution in [2.24, 2.45) is 0 Å². The van der Waals surface area contributed by atoms with Crippen molar-refractivity contribution >= 4 is 23.3 Å². The fourth-order valence-corrected chi connectivity index (χ4v) is 2.45. The zero-order valence-corrected chi connectivity index (χ0v) is 12.8. The molecule has 2 aliphatic rings. The first-order valence-electron chi connectivity index (χ1n) is 7.12. The highest BCUT2D eigenvalue weighted by molar-refractivity contribution is 6.21. The Kier molecular flexibility index (Phi) is 3.24. The van der Waals surface area contributed by atoms with Gasteiger partial charge in [-0.25, -0.2) is 0 Å². The van der Waals surface area contributed by atoms with E-state index in [1.54, 1.807) is 6.92 Å². The van der Waals surface area contributed by atoms with Gasteiger partial charge in [0.25, 0.3) is 0 Å². The maximum atomic E-state index is 12.1. The number of rotatable bonds is 2. The lowest BCUT2D eigenvalue weighted by Gasteiger charge is -2.28. The summed E-state index contributed by atoms with van der Waals surface area (Å²) in [5.41, 5.74) is 2.10. The van der Waals surface area contributed by atoms with Crippen molar-refractivity contribution in [2.45, 2.75) is 26.4 Å². The number of carbonyl (C=O) groups excluding carboxylic acids is 2. The van der Waals surface area contributed by atoms with Crippen molar-refractivity contribution in [2.75, 3.05) is 5.32 Å². The quantitative estimate of drug-likeness (QED) is 0.851. The molecule has 1 aliphatic heterocycles. The van der Waals surface area contributed by atoms with Gasteiger partial charge in [0, 0.05) is 22.9 Å². The van der Waals surface area contributed by atoms with Crippen molar-refractivity contribution < 1.29 is 14.3 Å². The smallest absolute Gasteiger partial charge is 0.205 e. The topological polar surface area (TPSA) is 55.4 Å². The van der Waals surface area contributed by atoms with Gasteiger partial charge in [-0.05, 0) is 51.1 Å². The summed E-state index contributed by atoms with van der Waals surface area (Å²) in [6.07, 6.45) is 6.65. The van der Waals surface area contributed by atoms with Crippen LogP contribution in [0.25, 0.3) is 6.08 Å². The van der Waals surface area contributed by atoms with Gasteiger partial charge in [-0.3, -0.25) is 9.59 Å². The number of carbonyl (C=O) groups is 2. The molecule has 1 N–H and O–H groups in total. The Labute approximate surface area is 129 Å². The van der Waals surface area contributed by atoms with Crippen LogP contribution in [0.3, 0.4) is 0 Å². The molecule has 0 unspecified atom stereocenters. The van der Waals surface area contributed by atoms with Crippen LogP contribution in [0.1, 0.15) is 26.3 Å². The highest BCUT2D eigenvalue weighted by Gasteiger charge is 2.22. The second-order valence-corrected chi connectivity index (χ2v) is 6.03. The van der Waals surface area contributed by atoms with Gasteiger partial charge in [0.15, 0.2) is 5.78 Å². The first-order chi connectivity index (χ1) is 10.3. The molecule has 0 spiro atoms. The molecule has 0 amide bonds. The average molecular weight is 295 g/mol. The van der Waals surface area contributed by atoms with Gasteiger partial charge >= 0.3 is 0 Å². The molecule has 4 heteroatoms. The van der Waals surface area contributed by atoms with E-state index in [-0.39, 0.29) is 17.2 Å². The van der Waals surface area contributed by atoms with Crippen molar-refractivity contribution in [3.05, 3.63) is 53.3 Å². The van der Waals surface area contributed by atoms with Crippen molar-refractivity contribution in [1.82, 2.24) is 0 Å². The Hall–Kier alpha value is -2.62. The van der Waals surface area contributed by atoms with Crippen molar-refractivity contribution in [3.8, 4) is 5.75 Å². The third-order valence-corrected chi connectivity index (χ3v) is 3.57. The van der Waals surface area contributed by atoms with Gasteiger partial charge in [-0.2, -0.15) is 0 Å². The molecule has 1 aliphatic carbocycles. The largest absolute Gasteiger partial charge is 0.483 e. The molecular weight excluding hydrogens is 278 g/mol. The molecule has 0 aromatic heterocycles. The summed E-state index contributed by atoms with van der Waals surface area (Å²) < 4.78 is 5.86. The Morgan fingerprint density at radius 1 is 1.14 bits per heavy atom. The first-order valence-corrected chi connectivity index (χ1v) is 7.12. The van der Waals surface area contributed by atoms with E-state index in [0.717, 1.165) is 17.0 Å². The predicted octanol–water partition coefficient (Wildman–Crippen LogP) is 3.26. The minimum absolute atomic E-state index is 0.162. The highest BCUT2D eigenvalue weighted by atomic mass is 16.5. The van der Waals surface area contributed by atoms with Crippen LogP contribution in [0.4, 0.5) is 5.69 Å². The number of allylic oxidation sites excluding steroid dienone is 3. The molecule has 22 heavy (non-hydrogen) atoms. The molecule has 112 valence electrons. The second-order valence-electron chi connectivity index (χ2n) is 6.03. The Morgan fingerprint density at radius 2 is 1.91 bits per heavy atom. The van der Waals surface area contributed by atoms with E-state index in [2.05, 4.69) is 5.32 Å². The SMILES string of the molecule is CC1=CC(=O)C=C(Nc2ccc3c(c2)C=CC(C)(C)O3)C1=O. The number of anilines is 1. The maximum absolute atomic E-state index is 12.1. The van der Waals surface area contributed by atoms with E-state index < -0.39 is 0 Å². The lowest BCUT2D eigenvalue weighted by molar-refractivity contribution is -0.115. The lowest BCUT2D eigenvalue weighted by Crippen LogP contribution is -2.27. The van der Waals surface area contributed by atoms with E-state index in [1.165, 1.54) is 12.2 Å². The molecule has 1 aromatic carbocycles. The summed E-state index contributed by atoms with van der Waals surface area (Å²) >= 11 is 0. The zero-order chi connectivity index (χ0) is 15.9. The average Bonchev–Trinajstić information content (AvgIpc) is 2.44. The molecule has 0 saturated heterocycles. The van der Waals surface area contributed by atoms with Gasteiger partial charge in [0.1, 0.15) is 11.4 Å². The van der Waals surface area contributed by atoms with Gasteiger partial charge in [0.05, 0.1) is 5.70 Å². The molecule has 1 aromatic rings. The zero-order valence-electron chi connectivity index (χ0n) is 12.8. The van der Waals surface area contributed by atoms with Crippen LogP contribution in [0.5, 0.6) is 5.75 Å². The lowest BCUT2D eigenvalue weighted by atomic mass is 10.0. The fraction of sp³-hybridized carbons (Fsp3) is 0.222. The van der Waals surface area contributed by atoms with Gasteiger partial charge in [0.2, 0.25) is 5.78 Å². The second kappa shape index (κ2) is 4.98.